The van der Waals surface area contributed by atoms with Crippen molar-refractivity contribution in [3.05, 3.63) is 93.5 Å². The Morgan fingerprint density at radius 3 is 2.56 bits per heavy atom. The highest BCUT2D eigenvalue weighted by Gasteiger charge is 2.21. The molecule has 0 spiro atoms. The van der Waals surface area contributed by atoms with Crippen LogP contribution in [0.25, 0.3) is 11.0 Å². The lowest BCUT2D eigenvalue weighted by Crippen LogP contribution is -2.46. The minimum atomic E-state index is 0.568. The lowest BCUT2D eigenvalue weighted by molar-refractivity contribution is 0.248. The van der Waals surface area contributed by atoms with Crippen LogP contribution < -0.4 is 4.90 Å². The van der Waals surface area contributed by atoms with Gasteiger partial charge in [-0.15, -0.1) is 0 Å². The van der Waals surface area contributed by atoms with Crippen molar-refractivity contribution in [2.24, 2.45) is 0 Å². The van der Waals surface area contributed by atoms with E-state index in [4.69, 9.17) is 27.7 Å². The third-order valence-corrected chi connectivity index (χ3v) is 6.18. The van der Waals surface area contributed by atoms with Gasteiger partial charge in [-0.2, -0.15) is 0 Å². The predicted molar refractivity (Wildman–Crippen MR) is 130 cm³/mol. The van der Waals surface area contributed by atoms with Gasteiger partial charge in [-0.25, -0.2) is 0 Å². The molecule has 4 aromatic rings. The normalized spacial score (nSPS) is 14.4. The fraction of sp³-hybridized carbons (Fsp3) is 0.192. The quantitative estimate of drug-likeness (QED) is 0.357. The lowest BCUT2D eigenvalue weighted by Gasteiger charge is -2.34. The molecule has 0 amide bonds. The number of hydrogen-bond donors (Lipinski definition) is 0. The van der Waals surface area contributed by atoms with E-state index in [9.17, 15) is 0 Å². The third kappa shape index (κ3) is 4.61. The second-order valence-electron chi connectivity index (χ2n) is 7.84. The Hall–Kier alpha value is -2.97. The van der Waals surface area contributed by atoms with Crippen LogP contribution in [-0.4, -0.2) is 36.2 Å². The van der Waals surface area contributed by atoms with E-state index in [1.54, 1.807) is 12.1 Å². The van der Waals surface area contributed by atoms with Gasteiger partial charge < -0.3 is 9.42 Å². The van der Waals surface area contributed by atoms with Crippen molar-refractivity contribution in [2.75, 3.05) is 31.1 Å². The van der Waals surface area contributed by atoms with Crippen LogP contribution >= 0.6 is 23.2 Å². The molecule has 1 saturated heterocycles. The topological polar surface area (TPSA) is 32.5 Å². The standard InChI is InChI=1S/C26H21Cl2N3O/c27-22-11-10-21(24(28)17-22)9-8-19-4-3-5-20(16-19)18-30-12-14-31(15-13-30)26-23-6-1-2-7-25(23)32-29-26/h1-7,10-11,16-17H,12-15,18H2. The molecule has 2 heterocycles. The zero-order valence-electron chi connectivity index (χ0n) is 17.4. The van der Waals surface area contributed by atoms with Crippen molar-refractivity contribution >= 4 is 40.0 Å². The van der Waals surface area contributed by atoms with Crippen molar-refractivity contribution < 1.29 is 4.52 Å². The molecule has 3 aromatic carbocycles. The Kier molecular flexibility index (Phi) is 6.05. The summed E-state index contributed by atoms with van der Waals surface area (Å²) in [6.07, 6.45) is 0. The van der Waals surface area contributed by atoms with Crippen LogP contribution in [0.1, 0.15) is 16.7 Å². The number of piperazine rings is 1. The first kappa shape index (κ1) is 20.9. The number of benzene rings is 3. The molecule has 1 aliphatic rings. The average Bonchev–Trinajstić information content (AvgIpc) is 3.24. The Morgan fingerprint density at radius 1 is 0.875 bits per heavy atom. The maximum Gasteiger partial charge on any atom is 0.180 e. The zero-order chi connectivity index (χ0) is 21.9. The number of aromatic nitrogens is 1. The minimum absolute atomic E-state index is 0.568. The maximum absolute atomic E-state index is 6.23. The van der Waals surface area contributed by atoms with E-state index < -0.39 is 0 Å². The van der Waals surface area contributed by atoms with E-state index in [0.717, 1.165) is 60.6 Å². The van der Waals surface area contributed by atoms with Gasteiger partial charge in [-0.3, -0.25) is 4.90 Å². The molecule has 32 heavy (non-hydrogen) atoms. The fourth-order valence-corrected chi connectivity index (χ4v) is 4.41. The predicted octanol–water partition coefficient (Wildman–Crippen LogP) is 5.86. The monoisotopic (exact) mass is 461 g/mol. The van der Waals surface area contributed by atoms with Crippen molar-refractivity contribution in [1.82, 2.24) is 10.1 Å². The molecule has 0 aliphatic carbocycles. The molecule has 0 N–H and O–H groups in total. The molecule has 4 nitrogen and oxygen atoms in total. The second kappa shape index (κ2) is 9.26. The summed E-state index contributed by atoms with van der Waals surface area (Å²) in [6.45, 7) is 4.68. The van der Waals surface area contributed by atoms with E-state index in [-0.39, 0.29) is 0 Å². The summed E-state index contributed by atoms with van der Waals surface area (Å²) in [4.78, 5) is 4.77. The first-order chi connectivity index (χ1) is 15.7. The van der Waals surface area contributed by atoms with Crippen LogP contribution in [0.5, 0.6) is 0 Å². The van der Waals surface area contributed by atoms with Gasteiger partial charge in [-0.1, -0.05) is 64.5 Å². The molecule has 0 unspecified atom stereocenters. The SMILES string of the molecule is Clc1ccc(C#Cc2cccc(CN3CCN(c4noc5ccccc45)CC3)c2)c(Cl)c1. The summed E-state index contributed by atoms with van der Waals surface area (Å²) < 4.78 is 5.47. The molecular weight excluding hydrogens is 441 g/mol. The van der Waals surface area contributed by atoms with Crippen molar-refractivity contribution in [2.45, 2.75) is 6.54 Å². The minimum Gasteiger partial charge on any atom is -0.354 e. The number of anilines is 1. The van der Waals surface area contributed by atoms with Crippen molar-refractivity contribution in [3.8, 4) is 11.8 Å². The number of halogens is 2. The highest BCUT2D eigenvalue weighted by atomic mass is 35.5. The molecule has 5 rings (SSSR count). The number of para-hydroxylation sites is 1. The van der Waals surface area contributed by atoms with Gasteiger partial charge >= 0.3 is 0 Å². The van der Waals surface area contributed by atoms with Crippen LogP contribution in [0.15, 0.2) is 71.3 Å². The van der Waals surface area contributed by atoms with E-state index in [1.165, 1.54) is 5.56 Å². The summed E-state index contributed by atoms with van der Waals surface area (Å²) in [5.74, 6) is 7.31. The van der Waals surface area contributed by atoms with Crippen LogP contribution in [0.2, 0.25) is 10.0 Å². The smallest absolute Gasteiger partial charge is 0.180 e. The van der Waals surface area contributed by atoms with Gasteiger partial charge in [0, 0.05) is 48.9 Å². The largest absolute Gasteiger partial charge is 0.354 e. The molecule has 1 aliphatic heterocycles. The summed E-state index contributed by atoms with van der Waals surface area (Å²) >= 11 is 12.2. The summed E-state index contributed by atoms with van der Waals surface area (Å²) in [5, 5.41) is 6.55. The molecule has 0 saturated carbocycles. The van der Waals surface area contributed by atoms with Crippen LogP contribution in [0, 0.1) is 11.8 Å². The zero-order valence-corrected chi connectivity index (χ0v) is 18.9. The lowest BCUT2D eigenvalue weighted by atomic mass is 10.1. The molecule has 1 fully saturated rings. The highest BCUT2D eigenvalue weighted by Crippen LogP contribution is 2.27. The Morgan fingerprint density at radius 2 is 1.72 bits per heavy atom. The molecular formula is C26H21Cl2N3O. The second-order valence-corrected chi connectivity index (χ2v) is 8.68. The summed E-state index contributed by atoms with van der Waals surface area (Å²) in [5.41, 5.74) is 3.83. The average molecular weight is 462 g/mol. The van der Waals surface area contributed by atoms with E-state index in [2.05, 4.69) is 51.1 Å². The number of nitrogens with zero attached hydrogens (tertiary/aromatic N) is 3. The third-order valence-electron chi connectivity index (χ3n) is 5.64. The maximum atomic E-state index is 6.23. The highest BCUT2D eigenvalue weighted by molar-refractivity contribution is 6.35. The molecule has 1 aromatic heterocycles. The Labute approximate surface area is 197 Å². The van der Waals surface area contributed by atoms with Crippen molar-refractivity contribution in [1.29, 1.82) is 0 Å². The molecule has 0 atom stereocenters. The van der Waals surface area contributed by atoms with Gasteiger partial charge in [0.05, 0.1) is 10.4 Å². The van der Waals surface area contributed by atoms with Gasteiger partial charge in [0.15, 0.2) is 11.4 Å². The van der Waals surface area contributed by atoms with Crippen LogP contribution in [0.4, 0.5) is 5.82 Å². The van der Waals surface area contributed by atoms with Crippen LogP contribution in [-0.2, 0) is 6.54 Å². The van der Waals surface area contributed by atoms with Gasteiger partial charge in [-0.05, 0) is 48.0 Å². The first-order valence-corrected chi connectivity index (χ1v) is 11.3. The van der Waals surface area contributed by atoms with Gasteiger partial charge in [0.2, 0.25) is 0 Å². The van der Waals surface area contributed by atoms with Gasteiger partial charge in [0.25, 0.3) is 0 Å². The summed E-state index contributed by atoms with van der Waals surface area (Å²) in [7, 11) is 0. The van der Waals surface area contributed by atoms with Crippen LogP contribution in [0.3, 0.4) is 0 Å². The molecule has 160 valence electrons. The van der Waals surface area contributed by atoms with E-state index in [0.29, 0.717) is 10.0 Å². The van der Waals surface area contributed by atoms with Crippen molar-refractivity contribution in [3.63, 3.8) is 0 Å². The van der Waals surface area contributed by atoms with Gasteiger partial charge in [0.1, 0.15) is 0 Å². The fourth-order valence-electron chi connectivity index (χ4n) is 3.95. The Bertz CT molecular complexity index is 1310. The van der Waals surface area contributed by atoms with E-state index >= 15 is 0 Å². The molecule has 6 heteroatoms. The summed E-state index contributed by atoms with van der Waals surface area (Å²) in [6, 6.07) is 21.8. The Balaban J connectivity index is 1.23. The molecule has 0 bridgehead atoms. The number of hydrogen-bond acceptors (Lipinski definition) is 4. The first-order valence-electron chi connectivity index (χ1n) is 10.5. The van der Waals surface area contributed by atoms with E-state index in [1.807, 2.05) is 30.3 Å². The number of rotatable bonds is 3. The number of fused-ring (bicyclic) bond motifs is 1. The molecule has 0 radical (unpaired) electrons.